The van der Waals surface area contributed by atoms with Crippen LogP contribution in [0.15, 0.2) is 30.3 Å². The summed E-state index contributed by atoms with van der Waals surface area (Å²) in [6, 6.07) is 8.71. The molecule has 1 aromatic carbocycles. The van der Waals surface area contributed by atoms with Gasteiger partial charge in [0.2, 0.25) is 0 Å². The summed E-state index contributed by atoms with van der Waals surface area (Å²) in [5, 5.41) is 14.6. The monoisotopic (exact) mass is 318 g/mol. The van der Waals surface area contributed by atoms with Crippen LogP contribution in [0.3, 0.4) is 0 Å². The first kappa shape index (κ1) is 16.2. The van der Waals surface area contributed by atoms with Crippen molar-refractivity contribution in [2.24, 2.45) is 0 Å². The number of hydrogen-bond acceptors (Lipinski definition) is 4. The van der Waals surface area contributed by atoms with Crippen LogP contribution in [-0.4, -0.2) is 22.6 Å². The van der Waals surface area contributed by atoms with E-state index in [9.17, 15) is 4.79 Å². The number of benzene rings is 1. The zero-order valence-corrected chi connectivity index (χ0v) is 13.4. The van der Waals surface area contributed by atoms with E-state index in [4.69, 9.17) is 11.6 Å². The molecule has 0 aliphatic rings. The Hall–Kier alpha value is -2.14. The van der Waals surface area contributed by atoms with Crippen molar-refractivity contribution >= 4 is 29.0 Å². The van der Waals surface area contributed by atoms with Gasteiger partial charge in [-0.25, -0.2) is 0 Å². The Labute approximate surface area is 135 Å². The molecular weight excluding hydrogens is 300 g/mol. The Morgan fingerprint density at radius 3 is 2.68 bits per heavy atom. The fraction of sp³-hybridized carbons (Fsp3) is 0.312. The second kappa shape index (κ2) is 7.75. The Morgan fingerprint density at radius 1 is 1.23 bits per heavy atom. The van der Waals surface area contributed by atoms with Crippen molar-refractivity contribution in [3.05, 3.63) is 46.6 Å². The summed E-state index contributed by atoms with van der Waals surface area (Å²) < 4.78 is 0. The van der Waals surface area contributed by atoms with Crippen LogP contribution in [0.4, 0.5) is 11.5 Å². The number of aryl methyl sites for hydroxylation is 1. The lowest BCUT2D eigenvalue weighted by Crippen LogP contribution is -2.15. The molecule has 6 heteroatoms. The molecule has 0 aliphatic heterocycles. The fourth-order valence-corrected chi connectivity index (χ4v) is 2.12. The van der Waals surface area contributed by atoms with Gasteiger partial charge in [0.25, 0.3) is 5.91 Å². The molecule has 0 radical (unpaired) electrons. The van der Waals surface area contributed by atoms with Crippen LogP contribution in [0, 0.1) is 6.92 Å². The molecule has 0 saturated carbocycles. The van der Waals surface area contributed by atoms with Crippen LogP contribution in [0.5, 0.6) is 0 Å². The van der Waals surface area contributed by atoms with Gasteiger partial charge in [0.1, 0.15) is 5.82 Å². The van der Waals surface area contributed by atoms with Gasteiger partial charge in [-0.1, -0.05) is 24.9 Å². The highest BCUT2D eigenvalue weighted by molar-refractivity contribution is 6.30. The molecule has 0 spiro atoms. The molecule has 0 bridgehead atoms. The highest BCUT2D eigenvalue weighted by atomic mass is 35.5. The average molecular weight is 319 g/mol. The topological polar surface area (TPSA) is 66.9 Å². The van der Waals surface area contributed by atoms with E-state index >= 15 is 0 Å². The van der Waals surface area contributed by atoms with Gasteiger partial charge in [0.05, 0.1) is 0 Å². The molecule has 0 unspecified atom stereocenters. The minimum Gasteiger partial charge on any atom is -0.369 e. The summed E-state index contributed by atoms with van der Waals surface area (Å²) in [6.45, 7) is 4.86. The van der Waals surface area contributed by atoms with E-state index in [0.717, 1.165) is 24.9 Å². The Kier molecular flexibility index (Phi) is 5.72. The van der Waals surface area contributed by atoms with Crippen LogP contribution in [-0.2, 0) is 0 Å². The molecule has 2 aromatic rings. The first-order valence-electron chi connectivity index (χ1n) is 7.25. The largest absolute Gasteiger partial charge is 0.369 e. The van der Waals surface area contributed by atoms with Crippen molar-refractivity contribution in [3.63, 3.8) is 0 Å². The number of aromatic nitrogens is 2. The second-order valence-corrected chi connectivity index (χ2v) is 5.43. The molecule has 2 N–H and O–H groups in total. The lowest BCUT2D eigenvalue weighted by molar-refractivity contribution is 0.102. The maximum Gasteiger partial charge on any atom is 0.276 e. The number of halogens is 1. The number of rotatable bonds is 6. The van der Waals surface area contributed by atoms with Crippen molar-refractivity contribution in [1.82, 2.24) is 10.2 Å². The van der Waals surface area contributed by atoms with Gasteiger partial charge in [0, 0.05) is 17.3 Å². The van der Waals surface area contributed by atoms with Gasteiger partial charge in [-0.3, -0.25) is 4.79 Å². The van der Waals surface area contributed by atoms with E-state index in [1.165, 1.54) is 0 Å². The number of nitrogens with one attached hydrogen (secondary N) is 2. The average Bonchev–Trinajstić information content (AvgIpc) is 2.51. The van der Waals surface area contributed by atoms with E-state index in [0.29, 0.717) is 16.5 Å². The number of hydrogen-bond donors (Lipinski definition) is 2. The molecule has 0 atom stereocenters. The van der Waals surface area contributed by atoms with Gasteiger partial charge in [-0.15, -0.1) is 10.2 Å². The number of anilines is 2. The van der Waals surface area contributed by atoms with E-state index in [1.807, 2.05) is 6.92 Å². The van der Waals surface area contributed by atoms with Crippen molar-refractivity contribution in [3.8, 4) is 0 Å². The Bertz CT molecular complexity index is 643. The first-order valence-corrected chi connectivity index (χ1v) is 7.63. The minimum atomic E-state index is -0.293. The summed E-state index contributed by atoms with van der Waals surface area (Å²) >= 11 is 5.90. The summed E-state index contributed by atoms with van der Waals surface area (Å²) in [4.78, 5) is 12.2. The summed E-state index contributed by atoms with van der Waals surface area (Å²) in [5.41, 5.74) is 1.88. The Balaban J connectivity index is 2.00. The molecule has 0 saturated heterocycles. The van der Waals surface area contributed by atoms with E-state index in [1.54, 1.807) is 30.3 Å². The number of unbranched alkanes of at least 4 members (excludes halogenated alkanes) is 1. The second-order valence-electron chi connectivity index (χ2n) is 5.00. The van der Waals surface area contributed by atoms with Crippen molar-refractivity contribution in [1.29, 1.82) is 0 Å². The zero-order valence-electron chi connectivity index (χ0n) is 12.7. The molecular formula is C16H19ClN4O. The smallest absolute Gasteiger partial charge is 0.276 e. The van der Waals surface area contributed by atoms with Crippen molar-refractivity contribution in [2.45, 2.75) is 26.7 Å². The van der Waals surface area contributed by atoms with Gasteiger partial charge in [0.15, 0.2) is 5.69 Å². The lowest BCUT2D eigenvalue weighted by atomic mass is 10.2. The predicted molar refractivity (Wildman–Crippen MR) is 89.6 cm³/mol. The van der Waals surface area contributed by atoms with Crippen molar-refractivity contribution < 1.29 is 4.79 Å². The molecule has 1 aromatic heterocycles. The number of nitrogens with zero attached hydrogens (tertiary/aromatic N) is 2. The molecule has 0 fully saturated rings. The number of amides is 1. The standard InChI is InChI=1S/C16H19ClN4O/c1-3-4-9-18-15-8-7-14(20-21-15)16(22)19-13-6-5-12(17)10-11(13)2/h5-8,10H,3-4,9H2,1-2H3,(H,18,21)(H,19,22). The Morgan fingerprint density at radius 2 is 2.05 bits per heavy atom. The van der Waals surface area contributed by atoms with Crippen LogP contribution in [0.2, 0.25) is 5.02 Å². The molecule has 2 rings (SSSR count). The summed E-state index contributed by atoms with van der Waals surface area (Å²) in [7, 11) is 0. The predicted octanol–water partition coefficient (Wildman–Crippen LogP) is 3.90. The van der Waals surface area contributed by atoms with Crippen LogP contribution in [0.25, 0.3) is 0 Å². The van der Waals surface area contributed by atoms with Crippen LogP contribution in [0.1, 0.15) is 35.8 Å². The van der Waals surface area contributed by atoms with Crippen molar-refractivity contribution in [2.75, 3.05) is 17.2 Å². The maximum atomic E-state index is 12.2. The molecule has 5 nitrogen and oxygen atoms in total. The van der Waals surface area contributed by atoms with Crippen LogP contribution < -0.4 is 10.6 Å². The van der Waals surface area contributed by atoms with E-state index in [-0.39, 0.29) is 11.6 Å². The lowest BCUT2D eigenvalue weighted by Gasteiger charge is -2.08. The third-order valence-electron chi connectivity index (χ3n) is 3.17. The maximum absolute atomic E-state index is 12.2. The van der Waals surface area contributed by atoms with Gasteiger partial charge in [-0.2, -0.15) is 0 Å². The highest BCUT2D eigenvalue weighted by Crippen LogP contribution is 2.20. The summed E-state index contributed by atoms with van der Waals surface area (Å²) in [5.74, 6) is 0.380. The third-order valence-corrected chi connectivity index (χ3v) is 3.41. The molecule has 1 heterocycles. The third kappa shape index (κ3) is 4.43. The molecule has 22 heavy (non-hydrogen) atoms. The van der Waals surface area contributed by atoms with Gasteiger partial charge < -0.3 is 10.6 Å². The zero-order chi connectivity index (χ0) is 15.9. The quantitative estimate of drug-likeness (QED) is 0.793. The minimum absolute atomic E-state index is 0.274. The fourth-order valence-electron chi connectivity index (χ4n) is 1.89. The van der Waals surface area contributed by atoms with Gasteiger partial charge >= 0.3 is 0 Å². The first-order chi connectivity index (χ1) is 10.6. The normalized spacial score (nSPS) is 10.3. The van der Waals surface area contributed by atoms with Crippen LogP contribution >= 0.6 is 11.6 Å². The van der Waals surface area contributed by atoms with E-state index in [2.05, 4.69) is 27.8 Å². The molecule has 0 aliphatic carbocycles. The number of carbonyl (C=O) groups excluding carboxylic acids is 1. The van der Waals surface area contributed by atoms with Gasteiger partial charge in [-0.05, 0) is 49.2 Å². The number of carbonyl (C=O) groups is 1. The molecule has 1 amide bonds. The SMILES string of the molecule is CCCCNc1ccc(C(=O)Nc2ccc(Cl)cc2C)nn1. The molecule has 116 valence electrons. The highest BCUT2D eigenvalue weighted by Gasteiger charge is 2.10. The summed E-state index contributed by atoms with van der Waals surface area (Å²) in [6.07, 6.45) is 2.18. The van der Waals surface area contributed by atoms with E-state index < -0.39 is 0 Å².